The van der Waals surface area contributed by atoms with Crippen LogP contribution in [-0.2, 0) is 6.61 Å². The summed E-state index contributed by atoms with van der Waals surface area (Å²) in [4.78, 5) is 16.3. The highest BCUT2D eigenvalue weighted by Crippen LogP contribution is 2.24. The van der Waals surface area contributed by atoms with Gasteiger partial charge >= 0.3 is 0 Å². The van der Waals surface area contributed by atoms with E-state index < -0.39 is 0 Å². The van der Waals surface area contributed by atoms with E-state index in [2.05, 4.69) is 10.3 Å². The van der Waals surface area contributed by atoms with Gasteiger partial charge in [0.05, 0.1) is 18.5 Å². The van der Waals surface area contributed by atoms with Crippen LogP contribution in [0.5, 0.6) is 0 Å². The largest absolute Gasteiger partial charge is 0.451 e. The average Bonchev–Trinajstić information content (AvgIpc) is 2.91. The number of carbonyl (C=O) groups excluding carboxylic acids is 1. The van der Waals surface area contributed by atoms with Crippen molar-refractivity contribution < 1.29 is 14.3 Å². The summed E-state index contributed by atoms with van der Waals surface area (Å²) < 4.78 is 5.62. The number of hydrogen-bond acceptors (Lipinski definition) is 4. The van der Waals surface area contributed by atoms with Gasteiger partial charge in [0.2, 0.25) is 0 Å². The zero-order chi connectivity index (χ0) is 15.7. The molecule has 2 N–H and O–H groups in total. The topological polar surface area (TPSA) is 75.4 Å². The number of furan rings is 1. The summed E-state index contributed by atoms with van der Waals surface area (Å²) >= 11 is 0. The number of hydrogen-bond donors (Lipinski definition) is 2. The molecule has 5 heteroatoms. The lowest BCUT2D eigenvalue weighted by Gasteiger charge is -2.06. The van der Waals surface area contributed by atoms with Crippen LogP contribution in [0, 0.1) is 13.8 Å². The van der Waals surface area contributed by atoms with Gasteiger partial charge in [-0.15, -0.1) is 0 Å². The highest BCUT2D eigenvalue weighted by atomic mass is 16.3. The number of fused-ring (bicyclic) bond motifs is 1. The predicted molar refractivity (Wildman–Crippen MR) is 83.8 cm³/mol. The number of anilines is 1. The Kier molecular flexibility index (Phi) is 3.65. The van der Waals surface area contributed by atoms with Crippen molar-refractivity contribution in [3.63, 3.8) is 0 Å². The first-order valence-electron chi connectivity index (χ1n) is 6.94. The summed E-state index contributed by atoms with van der Waals surface area (Å²) in [6, 6.07) is 7.28. The molecule has 22 heavy (non-hydrogen) atoms. The second-order valence-corrected chi connectivity index (χ2v) is 5.23. The van der Waals surface area contributed by atoms with Crippen molar-refractivity contribution in [2.75, 3.05) is 5.32 Å². The molecule has 0 aliphatic rings. The number of benzene rings is 1. The molecule has 5 nitrogen and oxygen atoms in total. The SMILES string of the molecule is Cc1cc2cc(C(=O)Nc3cnccc3CO)oc2cc1C. The van der Waals surface area contributed by atoms with E-state index >= 15 is 0 Å². The van der Waals surface area contributed by atoms with Gasteiger partial charge in [0.25, 0.3) is 5.91 Å². The first-order chi connectivity index (χ1) is 10.6. The maximum Gasteiger partial charge on any atom is 0.291 e. The number of amides is 1. The van der Waals surface area contributed by atoms with Gasteiger partial charge in [-0.3, -0.25) is 9.78 Å². The summed E-state index contributed by atoms with van der Waals surface area (Å²) in [6.07, 6.45) is 3.06. The molecule has 1 amide bonds. The van der Waals surface area contributed by atoms with Crippen LogP contribution in [0.15, 0.2) is 41.1 Å². The molecule has 3 aromatic rings. The summed E-state index contributed by atoms with van der Waals surface area (Å²) in [5, 5.41) is 12.9. The Morgan fingerprint density at radius 1 is 1.27 bits per heavy atom. The molecule has 112 valence electrons. The number of nitrogens with zero attached hydrogens (tertiary/aromatic N) is 1. The van der Waals surface area contributed by atoms with Gasteiger partial charge < -0.3 is 14.8 Å². The van der Waals surface area contributed by atoms with Crippen molar-refractivity contribution in [2.45, 2.75) is 20.5 Å². The molecule has 0 atom stereocenters. The van der Waals surface area contributed by atoms with Gasteiger partial charge in [-0.2, -0.15) is 0 Å². The lowest BCUT2D eigenvalue weighted by Crippen LogP contribution is -2.12. The summed E-state index contributed by atoms with van der Waals surface area (Å²) in [5.74, 6) is -0.137. The third-order valence-corrected chi connectivity index (χ3v) is 3.69. The number of rotatable bonds is 3. The molecule has 0 aliphatic carbocycles. The molecule has 2 heterocycles. The summed E-state index contributed by atoms with van der Waals surface area (Å²) in [5.41, 5.74) is 4.02. The number of aliphatic hydroxyl groups is 1. The number of aryl methyl sites for hydroxylation is 2. The Labute approximate surface area is 127 Å². The Balaban J connectivity index is 1.92. The van der Waals surface area contributed by atoms with Gasteiger partial charge in [0, 0.05) is 17.1 Å². The van der Waals surface area contributed by atoms with Gasteiger partial charge in [-0.25, -0.2) is 0 Å². The summed E-state index contributed by atoms with van der Waals surface area (Å²) in [6.45, 7) is 3.85. The lowest BCUT2D eigenvalue weighted by molar-refractivity contribution is 0.0998. The van der Waals surface area contributed by atoms with Gasteiger partial charge in [0.1, 0.15) is 5.58 Å². The molecule has 1 aromatic carbocycles. The first kappa shape index (κ1) is 14.3. The molecule has 0 saturated carbocycles. The first-order valence-corrected chi connectivity index (χ1v) is 6.94. The van der Waals surface area contributed by atoms with E-state index in [1.54, 1.807) is 18.3 Å². The fraction of sp³-hybridized carbons (Fsp3) is 0.176. The highest BCUT2D eigenvalue weighted by molar-refractivity contribution is 6.05. The van der Waals surface area contributed by atoms with E-state index in [4.69, 9.17) is 4.42 Å². The molecule has 0 bridgehead atoms. The zero-order valence-corrected chi connectivity index (χ0v) is 12.4. The second-order valence-electron chi connectivity index (χ2n) is 5.23. The molecule has 0 spiro atoms. The number of aromatic nitrogens is 1. The monoisotopic (exact) mass is 296 g/mol. The number of nitrogens with one attached hydrogen (secondary N) is 1. The van der Waals surface area contributed by atoms with Crippen LogP contribution in [-0.4, -0.2) is 16.0 Å². The fourth-order valence-corrected chi connectivity index (χ4v) is 2.27. The standard InChI is InChI=1S/C17H16N2O3/c1-10-5-13-7-16(22-15(13)6-11(10)2)17(21)19-14-8-18-4-3-12(14)9-20/h3-8,20H,9H2,1-2H3,(H,19,21). The van der Waals surface area contributed by atoms with Crippen LogP contribution >= 0.6 is 0 Å². The number of pyridine rings is 1. The maximum absolute atomic E-state index is 12.3. The van der Waals surface area contributed by atoms with Crippen molar-refractivity contribution in [1.82, 2.24) is 4.98 Å². The Morgan fingerprint density at radius 2 is 2.05 bits per heavy atom. The van der Waals surface area contributed by atoms with Crippen LogP contribution in [0.1, 0.15) is 27.2 Å². The van der Waals surface area contributed by atoms with E-state index in [9.17, 15) is 9.90 Å². The Morgan fingerprint density at radius 3 is 2.82 bits per heavy atom. The molecular formula is C17H16N2O3. The fourth-order valence-electron chi connectivity index (χ4n) is 2.27. The molecule has 0 radical (unpaired) electrons. The Bertz CT molecular complexity index is 813. The van der Waals surface area contributed by atoms with Crippen molar-refractivity contribution in [3.05, 3.63) is 59.1 Å². The van der Waals surface area contributed by atoms with Crippen LogP contribution < -0.4 is 5.32 Å². The minimum Gasteiger partial charge on any atom is -0.451 e. The minimum atomic E-state index is -0.366. The number of aliphatic hydroxyl groups excluding tert-OH is 1. The van der Waals surface area contributed by atoms with Gasteiger partial charge in [-0.05, 0) is 49.2 Å². The third-order valence-electron chi connectivity index (χ3n) is 3.69. The molecule has 0 unspecified atom stereocenters. The van der Waals surface area contributed by atoms with E-state index in [1.165, 1.54) is 6.20 Å². The van der Waals surface area contributed by atoms with Crippen LogP contribution in [0.4, 0.5) is 5.69 Å². The van der Waals surface area contributed by atoms with E-state index in [1.807, 2.05) is 26.0 Å². The van der Waals surface area contributed by atoms with Gasteiger partial charge in [0.15, 0.2) is 5.76 Å². The molecule has 0 saturated heterocycles. The zero-order valence-electron chi connectivity index (χ0n) is 12.4. The van der Waals surface area contributed by atoms with E-state index in [-0.39, 0.29) is 18.3 Å². The van der Waals surface area contributed by atoms with Crippen molar-refractivity contribution in [2.24, 2.45) is 0 Å². The lowest BCUT2D eigenvalue weighted by atomic mass is 10.1. The smallest absolute Gasteiger partial charge is 0.291 e. The third kappa shape index (κ3) is 2.58. The summed E-state index contributed by atoms with van der Waals surface area (Å²) in [7, 11) is 0. The number of carbonyl (C=O) groups is 1. The van der Waals surface area contributed by atoms with E-state index in [0.29, 0.717) is 16.8 Å². The Hall–Kier alpha value is -2.66. The quantitative estimate of drug-likeness (QED) is 0.778. The molecule has 0 aliphatic heterocycles. The van der Waals surface area contributed by atoms with Crippen molar-refractivity contribution in [1.29, 1.82) is 0 Å². The second kappa shape index (κ2) is 5.61. The van der Waals surface area contributed by atoms with Crippen molar-refractivity contribution in [3.8, 4) is 0 Å². The molecule has 0 fully saturated rings. The average molecular weight is 296 g/mol. The molecular weight excluding hydrogens is 280 g/mol. The van der Waals surface area contributed by atoms with Crippen LogP contribution in [0.25, 0.3) is 11.0 Å². The van der Waals surface area contributed by atoms with Crippen LogP contribution in [0.3, 0.4) is 0 Å². The molecule has 3 rings (SSSR count). The van der Waals surface area contributed by atoms with Gasteiger partial charge in [-0.1, -0.05) is 0 Å². The normalized spacial score (nSPS) is 10.9. The predicted octanol–water partition coefficient (Wildman–Crippen LogP) is 3.19. The van der Waals surface area contributed by atoms with Crippen molar-refractivity contribution >= 4 is 22.6 Å². The minimum absolute atomic E-state index is 0.170. The van der Waals surface area contributed by atoms with Crippen LogP contribution in [0.2, 0.25) is 0 Å². The van der Waals surface area contributed by atoms with E-state index in [0.717, 1.165) is 16.5 Å². The highest BCUT2D eigenvalue weighted by Gasteiger charge is 2.14. The maximum atomic E-state index is 12.3. The molecule has 2 aromatic heterocycles.